The van der Waals surface area contributed by atoms with Crippen molar-refractivity contribution in [3.63, 3.8) is 0 Å². The fourth-order valence-electron chi connectivity index (χ4n) is 1.88. The summed E-state index contributed by atoms with van der Waals surface area (Å²) in [6, 6.07) is 0.645. The molecule has 0 unspecified atom stereocenters. The molecule has 2 heterocycles. The molecular formula is C8H15NO2. The van der Waals surface area contributed by atoms with Crippen molar-refractivity contribution in [3.05, 3.63) is 0 Å². The molecule has 0 radical (unpaired) electrons. The molecule has 3 nitrogen and oxygen atoms in total. The predicted octanol–water partition coefficient (Wildman–Crippen LogP) is 1.15. The quantitative estimate of drug-likeness (QED) is 0.600. The maximum Gasteiger partial charge on any atom is 0.179 e. The van der Waals surface area contributed by atoms with Gasteiger partial charge in [0.05, 0.1) is 0 Å². The van der Waals surface area contributed by atoms with E-state index in [0.717, 1.165) is 19.6 Å². The van der Waals surface area contributed by atoms with Gasteiger partial charge in [0.1, 0.15) is 0 Å². The van der Waals surface area contributed by atoms with Crippen LogP contribution in [0.5, 0.6) is 0 Å². The minimum atomic E-state index is 0.0466. The van der Waals surface area contributed by atoms with Gasteiger partial charge in [-0.3, -0.25) is 4.84 Å². The third-order valence-corrected chi connectivity index (χ3v) is 2.39. The topological polar surface area (TPSA) is 21.7 Å². The minimum absolute atomic E-state index is 0.0466. The Morgan fingerprint density at radius 2 is 2.55 bits per heavy atom. The second kappa shape index (κ2) is 3.09. The Hall–Kier alpha value is -0.120. The van der Waals surface area contributed by atoms with Gasteiger partial charge in [-0.05, 0) is 19.8 Å². The third-order valence-electron chi connectivity index (χ3n) is 2.39. The highest BCUT2D eigenvalue weighted by Crippen LogP contribution is 2.30. The van der Waals surface area contributed by atoms with Crippen molar-refractivity contribution in [3.8, 4) is 0 Å². The lowest BCUT2D eigenvalue weighted by molar-refractivity contribution is -0.230. The molecule has 0 aromatic rings. The molecule has 2 aliphatic rings. The van der Waals surface area contributed by atoms with Crippen molar-refractivity contribution in [2.45, 2.75) is 38.5 Å². The number of hydroxylamine groups is 2. The summed E-state index contributed by atoms with van der Waals surface area (Å²) in [7, 11) is 0. The Morgan fingerprint density at radius 1 is 1.64 bits per heavy atom. The summed E-state index contributed by atoms with van der Waals surface area (Å²) < 4.78 is 5.38. The largest absolute Gasteiger partial charge is 0.351 e. The summed E-state index contributed by atoms with van der Waals surface area (Å²) >= 11 is 0. The molecule has 0 saturated carbocycles. The van der Waals surface area contributed by atoms with Crippen molar-refractivity contribution >= 4 is 0 Å². The smallest absolute Gasteiger partial charge is 0.179 e. The zero-order chi connectivity index (χ0) is 7.68. The van der Waals surface area contributed by atoms with Crippen LogP contribution < -0.4 is 0 Å². The summed E-state index contributed by atoms with van der Waals surface area (Å²) in [6.07, 6.45) is 3.67. The van der Waals surface area contributed by atoms with E-state index in [1.807, 2.05) is 6.92 Å². The van der Waals surface area contributed by atoms with Crippen LogP contribution >= 0.6 is 0 Å². The van der Waals surface area contributed by atoms with E-state index in [1.54, 1.807) is 0 Å². The second-order valence-corrected chi connectivity index (χ2v) is 3.16. The van der Waals surface area contributed by atoms with Gasteiger partial charge in [0.2, 0.25) is 0 Å². The fraction of sp³-hybridized carbons (Fsp3) is 1.00. The molecule has 3 heteroatoms. The number of hydrogen-bond donors (Lipinski definition) is 0. The van der Waals surface area contributed by atoms with Crippen molar-refractivity contribution in [1.29, 1.82) is 0 Å². The van der Waals surface area contributed by atoms with E-state index >= 15 is 0 Å². The highest BCUT2D eigenvalue weighted by molar-refractivity contribution is 4.79. The van der Waals surface area contributed by atoms with Gasteiger partial charge in [0.15, 0.2) is 6.29 Å². The SMILES string of the molecule is CCO[C@@H]1C[C@H]2CCCN2O1. The molecule has 0 N–H and O–H groups in total. The molecule has 0 bridgehead atoms. The molecule has 0 aromatic carbocycles. The average molecular weight is 157 g/mol. The van der Waals surface area contributed by atoms with E-state index in [2.05, 4.69) is 5.06 Å². The predicted molar refractivity (Wildman–Crippen MR) is 40.8 cm³/mol. The molecule has 0 aliphatic carbocycles. The van der Waals surface area contributed by atoms with Crippen LogP contribution in [-0.2, 0) is 9.57 Å². The first-order valence-corrected chi connectivity index (χ1v) is 4.45. The van der Waals surface area contributed by atoms with Crippen molar-refractivity contribution in [1.82, 2.24) is 5.06 Å². The monoisotopic (exact) mass is 157 g/mol. The summed E-state index contributed by atoms with van der Waals surface area (Å²) in [5.41, 5.74) is 0. The maximum absolute atomic E-state index is 5.54. The lowest BCUT2D eigenvalue weighted by Crippen LogP contribution is -2.21. The zero-order valence-electron chi connectivity index (χ0n) is 6.95. The van der Waals surface area contributed by atoms with E-state index in [0.29, 0.717) is 6.04 Å². The molecular weight excluding hydrogens is 142 g/mol. The van der Waals surface area contributed by atoms with Crippen LogP contribution in [0.4, 0.5) is 0 Å². The van der Waals surface area contributed by atoms with Gasteiger partial charge in [-0.15, -0.1) is 0 Å². The highest BCUT2D eigenvalue weighted by atomic mass is 16.8. The van der Waals surface area contributed by atoms with Crippen molar-refractivity contribution < 1.29 is 9.57 Å². The van der Waals surface area contributed by atoms with Gasteiger partial charge in [-0.1, -0.05) is 0 Å². The van der Waals surface area contributed by atoms with Crippen LogP contribution in [0, 0.1) is 0 Å². The Bertz CT molecular complexity index is 128. The summed E-state index contributed by atoms with van der Waals surface area (Å²) in [5.74, 6) is 0. The zero-order valence-corrected chi connectivity index (χ0v) is 6.95. The van der Waals surface area contributed by atoms with Gasteiger partial charge >= 0.3 is 0 Å². The number of rotatable bonds is 2. The number of ether oxygens (including phenoxy) is 1. The lowest BCUT2D eigenvalue weighted by atomic mass is 10.2. The van der Waals surface area contributed by atoms with Crippen LogP contribution in [-0.4, -0.2) is 30.5 Å². The van der Waals surface area contributed by atoms with Gasteiger partial charge in [0, 0.05) is 25.6 Å². The Morgan fingerprint density at radius 3 is 3.27 bits per heavy atom. The molecule has 64 valence electrons. The van der Waals surface area contributed by atoms with E-state index in [4.69, 9.17) is 9.57 Å². The van der Waals surface area contributed by atoms with Crippen molar-refractivity contribution in [2.24, 2.45) is 0 Å². The number of nitrogens with zero attached hydrogens (tertiary/aromatic N) is 1. The summed E-state index contributed by atoms with van der Waals surface area (Å²) in [6.45, 7) is 3.85. The molecule has 11 heavy (non-hydrogen) atoms. The van der Waals surface area contributed by atoms with E-state index in [1.165, 1.54) is 12.8 Å². The van der Waals surface area contributed by atoms with Gasteiger partial charge in [0.25, 0.3) is 0 Å². The van der Waals surface area contributed by atoms with Gasteiger partial charge < -0.3 is 4.74 Å². The fourth-order valence-corrected chi connectivity index (χ4v) is 1.88. The van der Waals surface area contributed by atoms with Gasteiger partial charge in [-0.2, -0.15) is 5.06 Å². The first kappa shape index (κ1) is 7.53. The molecule has 2 fully saturated rings. The summed E-state index contributed by atoms with van der Waals surface area (Å²) in [5, 5.41) is 2.08. The minimum Gasteiger partial charge on any atom is -0.351 e. The standard InChI is InChI=1S/C8H15NO2/c1-2-10-8-6-7-4-3-5-9(7)11-8/h7-8H,2-6H2,1H3/t7-,8+/m1/s1. The first-order valence-electron chi connectivity index (χ1n) is 4.45. The third kappa shape index (κ3) is 1.41. The average Bonchev–Trinajstić information content (AvgIpc) is 2.46. The molecule has 2 atom stereocenters. The van der Waals surface area contributed by atoms with E-state index in [9.17, 15) is 0 Å². The Balaban J connectivity index is 1.84. The van der Waals surface area contributed by atoms with E-state index < -0.39 is 0 Å². The van der Waals surface area contributed by atoms with Crippen LogP contribution in [0.2, 0.25) is 0 Å². The van der Waals surface area contributed by atoms with E-state index in [-0.39, 0.29) is 6.29 Å². The highest BCUT2D eigenvalue weighted by Gasteiger charge is 2.36. The van der Waals surface area contributed by atoms with Crippen LogP contribution in [0.3, 0.4) is 0 Å². The second-order valence-electron chi connectivity index (χ2n) is 3.16. The Kier molecular flexibility index (Phi) is 2.11. The first-order chi connectivity index (χ1) is 5.40. The number of hydrogen-bond acceptors (Lipinski definition) is 3. The van der Waals surface area contributed by atoms with Crippen molar-refractivity contribution in [2.75, 3.05) is 13.2 Å². The molecule has 2 rings (SSSR count). The van der Waals surface area contributed by atoms with Crippen LogP contribution in [0.1, 0.15) is 26.2 Å². The maximum atomic E-state index is 5.54. The van der Waals surface area contributed by atoms with Crippen LogP contribution in [0.25, 0.3) is 0 Å². The van der Waals surface area contributed by atoms with Gasteiger partial charge in [-0.25, -0.2) is 0 Å². The Labute approximate surface area is 67.2 Å². The lowest BCUT2D eigenvalue weighted by Gasteiger charge is -2.13. The number of fused-ring (bicyclic) bond motifs is 1. The normalized spacial score (nSPS) is 37.9. The molecule has 2 saturated heterocycles. The summed E-state index contributed by atoms with van der Waals surface area (Å²) in [4.78, 5) is 5.54. The molecule has 0 amide bonds. The molecule has 0 aromatic heterocycles. The van der Waals surface area contributed by atoms with Crippen LogP contribution in [0.15, 0.2) is 0 Å². The molecule has 0 spiro atoms. The molecule has 2 aliphatic heterocycles.